The topological polar surface area (TPSA) is 225 Å². The van der Waals surface area contributed by atoms with Crippen LogP contribution in [0.1, 0.15) is 43.5 Å². The number of hydrogen-bond donors (Lipinski definition) is 4. The summed E-state index contributed by atoms with van der Waals surface area (Å²) in [5.74, 6) is 1.87. The number of nitrogens with zero attached hydrogens (tertiary/aromatic N) is 4. The minimum atomic E-state index is -0.0909. The second-order valence-corrected chi connectivity index (χ2v) is 14.9. The SMILES string of the molecule is Cc1nnc(-c2ccc(CNC(=O)CCOCCOCCOCCOCCOCCOCCOCCOCCNC(=O)CCCC[C@@H]3SC[C@@H]4NC(=O)N[C@@H]43)cc2)nn1. The molecule has 2 aliphatic heterocycles. The molecule has 2 fully saturated rings. The zero-order valence-electron chi connectivity index (χ0n) is 34.2. The number of carbonyl (C=O) groups excluding carboxylic acids is 3. The van der Waals surface area contributed by atoms with Crippen LogP contribution >= 0.6 is 11.8 Å². The monoisotopic (exact) mass is 850 g/mol. The van der Waals surface area contributed by atoms with Gasteiger partial charge in [0.1, 0.15) is 0 Å². The molecule has 0 spiro atoms. The molecule has 59 heavy (non-hydrogen) atoms. The summed E-state index contributed by atoms with van der Waals surface area (Å²) in [6, 6.07) is 7.94. The van der Waals surface area contributed by atoms with Gasteiger partial charge in [0.2, 0.25) is 17.6 Å². The quantitative estimate of drug-likeness (QED) is 0.0565. The molecule has 330 valence electrons. The standard InChI is InChI=1S/C39H62N8O11S/c1-30-44-46-38(47-45-30)32-8-6-31(7-9-32)28-41-36(49)10-12-51-14-16-53-18-20-55-22-24-57-26-27-58-25-23-56-21-19-54-17-15-52-13-11-40-35(48)5-3-2-4-34-37-33(29-59-34)42-39(50)43-37/h6-9,33-34,37H,2-5,10-29H2,1H3,(H,40,48)(H,41,49)(H2,42,43,50)/t33-,34-,37-/m0/s1. The summed E-state index contributed by atoms with van der Waals surface area (Å²) in [4.78, 5) is 35.7. The van der Waals surface area contributed by atoms with E-state index in [1.54, 1.807) is 6.92 Å². The van der Waals surface area contributed by atoms with E-state index in [1.807, 2.05) is 36.0 Å². The molecule has 0 unspecified atom stereocenters. The zero-order valence-corrected chi connectivity index (χ0v) is 35.0. The van der Waals surface area contributed by atoms with Crippen LogP contribution in [0.4, 0.5) is 4.79 Å². The number of aromatic nitrogens is 4. The number of unbranched alkanes of at least 4 members (excludes halogenated alkanes) is 1. The van der Waals surface area contributed by atoms with Gasteiger partial charge in [0.15, 0.2) is 5.82 Å². The smallest absolute Gasteiger partial charge is 0.315 e. The number of fused-ring (bicyclic) bond motifs is 1. The third-order valence-corrected chi connectivity index (χ3v) is 10.5. The predicted octanol–water partition coefficient (Wildman–Crippen LogP) is 1.22. The molecular formula is C39H62N8O11S. The van der Waals surface area contributed by atoms with Crippen LogP contribution in [-0.4, -0.2) is 174 Å². The van der Waals surface area contributed by atoms with Crippen molar-refractivity contribution in [3.63, 3.8) is 0 Å². The Balaban J connectivity index is 0.778. The summed E-state index contributed by atoms with van der Waals surface area (Å²) in [6.45, 7) is 9.74. The Morgan fingerprint density at radius 3 is 1.71 bits per heavy atom. The highest BCUT2D eigenvalue weighted by molar-refractivity contribution is 8.00. The van der Waals surface area contributed by atoms with E-state index in [0.717, 1.165) is 36.1 Å². The lowest BCUT2D eigenvalue weighted by Gasteiger charge is -2.16. The van der Waals surface area contributed by atoms with Crippen molar-refractivity contribution in [2.45, 2.75) is 62.9 Å². The average molecular weight is 851 g/mol. The van der Waals surface area contributed by atoms with Gasteiger partial charge in [-0.25, -0.2) is 4.79 Å². The Hall–Kier alpha value is -3.60. The van der Waals surface area contributed by atoms with Crippen molar-refractivity contribution in [2.75, 3.05) is 118 Å². The van der Waals surface area contributed by atoms with Gasteiger partial charge in [-0.3, -0.25) is 9.59 Å². The maximum absolute atomic E-state index is 12.1. The Morgan fingerprint density at radius 2 is 1.15 bits per heavy atom. The number of urea groups is 1. The van der Waals surface area contributed by atoms with Gasteiger partial charge in [-0.15, -0.1) is 20.4 Å². The normalized spacial score (nSPS) is 17.1. The van der Waals surface area contributed by atoms with Gasteiger partial charge in [0, 0.05) is 42.5 Å². The largest absolute Gasteiger partial charge is 0.379 e. The summed E-state index contributed by atoms with van der Waals surface area (Å²) in [7, 11) is 0. The molecule has 4 rings (SSSR count). The fraction of sp³-hybridized carbons (Fsp3) is 0.718. The summed E-state index contributed by atoms with van der Waals surface area (Å²) < 4.78 is 44.0. The molecule has 0 saturated carbocycles. The van der Waals surface area contributed by atoms with E-state index in [0.29, 0.717) is 142 Å². The van der Waals surface area contributed by atoms with E-state index in [9.17, 15) is 14.4 Å². The summed E-state index contributed by atoms with van der Waals surface area (Å²) in [5.41, 5.74) is 1.76. The minimum absolute atomic E-state index is 0.0376. The van der Waals surface area contributed by atoms with Crippen molar-refractivity contribution in [1.29, 1.82) is 0 Å². The van der Waals surface area contributed by atoms with Crippen LogP contribution in [0, 0.1) is 6.92 Å². The molecule has 4 N–H and O–H groups in total. The molecule has 0 radical (unpaired) electrons. The predicted molar refractivity (Wildman–Crippen MR) is 218 cm³/mol. The maximum Gasteiger partial charge on any atom is 0.315 e. The van der Waals surface area contributed by atoms with Crippen LogP contribution in [0.5, 0.6) is 0 Å². The van der Waals surface area contributed by atoms with Crippen LogP contribution in [-0.2, 0) is 54.0 Å². The summed E-state index contributed by atoms with van der Waals surface area (Å²) in [5, 5.41) is 28.0. The molecule has 2 aromatic rings. The number of hydrogen-bond acceptors (Lipinski definition) is 16. The second kappa shape index (κ2) is 30.4. The molecule has 3 heterocycles. The molecule has 1 aromatic heterocycles. The molecule has 20 heteroatoms. The number of benzene rings is 1. The first-order valence-electron chi connectivity index (χ1n) is 20.4. The molecule has 0 bridgehead atoms. The highest BCUT2D eigenvalue weighted by Crippen LogP contribution is 2.33. The number of carbonyl (C=O) groups is 3. The van der Waals surface area contributed by atoms with Crippen LogP contribution in [0.3, 0.4) is 0 Å². The highest BCUT2D eigenvalue weighted by atomic mass is 32.2. The van der Waals surface area contributed by atoms with Gasteiger partial charge in [0.05, 0.1) is 118 Å². The fourth-order valence-electron chi connectivity index (χ4n) is 5.89. The van der Waals surface area contributed by atoms with Crippen LogP contribution in [0.15, 0.2) is 24.3 Å². The van der Waals surface area contributed by atoms with Crippen molar-refractivity contribution < 1.29 is 52.3 Å². The minimum Gasteiger partial charge on any atom is -0.379 e. The fourth-order valence-corrected chi connectivity index (χ4v) is 7.43. The summed E-state index contributed by atoms with van der Waals surface area (Å²) in [6.07, 6.45) is 3.58. The second-order valence-electron chi connectivity index (χ2n) is 13.6. The average Bonchev–Trinajstić information content (AvgIpc) is 3.80. The first-order valence-corrected chi connectivity index (χ1v) is 21.5. The van der Waals surface area contributed by atoms with Crippen molar-refractivity contribution in [3.8, 4) is 11.4 Å². The number of nitrogens with one attached hydrogen (secondary N) is 4. The van der Waals surface area contributed by atoms with Crippen molar-refractivity contribution in [2.24, 2.45) is 0 Å². The van der Waals surface area contributed by atoms with Gasteiger partial charge < -0.3 is 59.2 Å². The van der Waals surface area contributed by atoms with Gasteiger partial charge in [-0.1, -0.05) is 30.7 Å². The Bertz CT molecular complexity index is 1450. The zero-order chi connectivity index (χ0) is 41.6. The van der Waals surface area contributed by atoms with Gasteiger partial charge in [-0.05, 0) is 25.3 Å². The number of amides is 4. The first kappa shape index (κ1) is 48.1. The lowest BCUT2D eigenvalue weighted by atomic mass is 10.0. The van der Waals surface area contributed by atoms with E-state index in [-0.39, 0.29) is 36.3 Å². The van der Waals surface area contributed by atoms with Crippen LogP contribution in [0.2, 0.25) is 0 Å². The van der Waals surface area contributed by atoms with Crippen molar-refractivity contribution in [1.82, 2.24) is 41.7 Å². The lowest BCUT2D eigenvalue weighted by Crippen LogP contribution is -2.36. The van der Waals surface area contributed by atoms with E-state index in [2.05, 4.69) is 41.7 Å². The van der Waals surface area contributed by atoms with Gasteiger partial charge >= 0.3 is 6.03 Å². The molecular weight excluding hydrogens is 789 g/mol. The van der Waals surface area contributed by atoms with Gasteiger partial charge in [0.25, 0.3) is 0 Å². The third-order valence-electron chi connectivity index (χ3n) is 9.01. The molecule has 4 amide bonds. The number of ether oxygens (including phenoxy) is 8. The number of thioether (sulfide) groups is 1. The summed E-state index contributed by atoms with van der Waals surface area (Å²) >= 11 is 1.90. The number of rotatable bonds is 35. The molecule has 19 nitrogen and oxygen atoms in total. The van der Waals surface area contributed by atoms with E-state index in [1.165, 1.54) is 0 Å². The van der Waals surface area contributed by atoms with Crippen LogP contribution in [0.25, 0.3) is 11.4 Å². The van der Waals surface area contributed by atoms with E-state index < -0.39 is 0 Å². The molecule has 3 atom stereocenters. The Kier molecular flexibility index (Phi) is 24.8. The molecule has 2 saturated heterocycles. The molecule has 2 aliphatic rings. The Labute approximate surface area is 350 Å². The highest BCUT2D eigenvalue weighted by Gasteiger charge is 2.42. The number of aryl methyl sites for hydroxylation is 1. The third kappa shape index (κ3) is 21.5. The van der Waals surface area contributed by atoms with Crippen molar-refractivity contribution >= 4 is 29.6 Å². The van der Waals surface area contributed by atoms with Gasteiger partial charge in [-0.2, -0.15) is 11.8 Å². The van der Waals surface area contributed by atoms with Crippen LogP contribution < -0.4 is 21.3 Å². The first-order chi connectivity index (χ1) is 29.0. The Morgan fingerprint density at radius 1 is 0.644 bits per heavy atom. The maximum atomic E-state index is 12.1. The molecule has 1 aromatic carbocycles. The van der Waals surface area contributed by atoms with E-state index in [4.69, 9.17) is 37.9 Å². The van der Waals surface area contributed by atoms with E-state index >= 15 is 0 Å². The van der Waals surface area contributed by atoms with Crippen molar-refractivity contribution in [3.05, 3.63) is 35.7 Å². The molecule has 0 aliphatic carbocycles. The lowest BCUT2D eigenvalue weighted by molar-refractivity contribution is -0.123.